The van der Waals surface area contributed by atoms with Crippen LogP contribution in [0.15, 0.2) is 23.1 Å². The summed E-state index contributed by atoms with van der Waals surface area (Å²) in [6.07, 6.45) is 1.70. The molecule has 4 N–H and O–H groups in total. The lowest BCUT2D eigenvalue weighted by molar-refractivity contribution is -0.122. The van der Waals surface area contributed by atoms with Crippen molar-refractivity contribution < 1.29 is 13.2 Å². The number of nitrogen functional groups attached to an aromatic ring is 1. The highest BCUT2D eigenvalue weighted by Crippen LogP contribution is 2.26. The molecule has 2 rings (SSSR count). The van der Waals surface area contributed by atoms with Crippen molar-refractivity contribution in [2.45, 2.75) is 31.1 Å². The molecule has 0 bridgehead atoms. The predicted octanol–water partition coefficient (Wildman–Crippen LogP) is 0.717. The number of amides is 1. The van der Waals surface area contributed by atoms with Crippen LogP contribution >= 0.6 is 0 Å². The molecule has 0 aromatic heterocycles. The topological polar surface area (TPSA) is 106 Å². The number of aryl methyl sites for hydroxylation is 1. The van der Waals surface area contributed by atoms with Crippen LogP contribution in [0.5, 0.6) is 0 Å². The number of nitrogens with two attached hydrogens (primary N) is 2. The van der Waals surface area contributed by atoms with E-state index in [4.69, 9.17) is 11.5 Å². The number of benzene rings is 1. The molecule has 1 aliphatic heterocycles. The maximum absolute atomic E-state index is 12.6. The van der Waals surface area contributed by atoms with E-state index in [0.29, 0.717) is 31.6 Å². The molecule has 6 nitrogen and oxygen atoms in total. The molecule has 7 heteroatoms. The van der Waals surface area contributed by atoms with Crippen molar-refractivity contribution in [1.29, 1.82) is 0 Å². The second kappa shape index (κ2) is 6.03. The minimum atomic E-state index is -3.56. The number of anilines is 1. The van der Waals surface area contributed by atoms with E-state index < -0.39 is 10.0 Å². The van der Waals surface area contributed by atoms with Gasteiger partial charge in [-0.2, -0.15) is 4.31 Å². The van der Waals surface area contributed by atoms with Crippen molar-refractivity contribution in [2.75, 3.05) is 18.8 Å². The van der Waals surface area contributed by atoms with Gasteiger partial charge in [0.25, 0.3) is 0 Å². The molecule has 116 valence electrons. The number of hydrogen-bond donors (Lipinski definition) is 2. The zero-order valence-electron chi connectivity index (χ0n) is 12.1. The summed E-state index contributed by atoms with van der Waals surface area (Å²) in [6, 6.07) is 4.84. The zero-order chi connectivity index (χ0) is 15.6. The molecule has 21 heavy (non-hydrogen) atoms. The molecule has 1 amide bonds. The van der Waals surface area contributed by atoms with Crippen LogP contribution in [0.4, 0.5) is 5.69 Å². The molecule has 1 saturated heterocycles. The summed E-state index contributed by atoms with van der Waals surface area (Å²) in [6.45, 7) is 2.59. The van der Waals surface area contributed by atoms with Gasteiger partial charge in [0, 0.05) is 24.7 Å². The van der Waals surface area contributed by atoms with Gasteiger partial charge in [0.1, 0.15) is 0 Å². The minimum Gasteiger partial charge on any atom is -0.398 e. The lowest BCUT2D eigenvalue weighted by Crippen LogP contribution is -2.41. The molecular weight excluding hydrogens is 290 g/mol. The highest BCUT2D eigenvalue weighted by atomic mass is 32.2. The van der Waals surface area contributed by atoms with Crippen LogP contribution in [0.1, 0.15) is 25.3 Å². The molecule has 0 atom stereocenters. The summed E-state index contributed by atoms with van der Waals surface area (Å²) >= 11 is 0. The normalized spacial score (nSPS) is 17.8. The molecule has 1 heterocycles. The van der Waals surface area contributed by atoms with E-state index in [0.717, 1.165) is 12.0 Å². The highest BCUT2D eigenvalue weighted by molar-refractivity contribution is 7.89. The Balaban J connectivity index is 2.19. The maximum atomic E-state index is 12.6. The first-order valence-corrected chi connectivity index (χ1v) is 8.48. The number of carbonyl (C=O) groups is 1. The lowest BCUT2D eigenvalue weighted by atomic mass is 9.98. The number of rotatable bonds is 4. The van der Waals surface area contributed by atoms with Crippen LogP contribution in [-0.4, -0.2) is 31.7 Å². The molecule has 1 aliphatic rings. The van der Waals surface area contributed by atoms with Crippen LogP contribution < -0.4 is 11.5 Å². The third kappa shape index (κ3) is 3.19. The average Bonchev–Trinajstić information content (AvgIpc) is 2.47. The zero-order valence-corrected chi connectivity index (χ0v) is 12.9. The summed E-state index contributed by atoms with van der Waals surface area (Å²) in [4.78, 5) is 11.3. The number of piperidine rings is 1. The van der Waals surface area contributed by atoms with Gasteiger partial charge >= 0.3 is 0 Å². The molecule has 0 saturated carbocycles. The van der Waals surface area contributed by atoms with Crippen molar-refractivity contribution in [3.05, 3.63) is 23.8 Å². The molecule has 0 aliphatic carbocycles. The smallest absolute Gasteiger partial charge is 0.243 e. The molecule has 0 unspecified atom stereocenters. The van der Waals surface area contributed by atoms with E-state index in [-0.39, 0.29) is 16.7 Å². The molecule has 0 spiro atoms. The van der Waals surface area contributed by atoms with Crippen LogP contribution in [-0.2, 0) is 21.2 Å². The van der Waals surface area contributed by atoms with Crippen LogP contribution in [0.25, 0.3) is 0 Å². The maximum Gasteiger partial charge on any atom is 0.243 e. The molecule has 1 fully saturated rings. The Kier molecular flexibility index (Phi) is 4.53. The Bertz CT molecular complexity index is 635. The van der Waals surface area contributed by atoms with E-state index in [1.54, 1.807) is 12.1 Å². The first-order valence-electron chi connectivity index (χ1n) is 7.04. The van der Waals surface area contributed by atoms with Crippen molar-refractivity contribution in [2.24, 2.45) is 11.7 Å². The Morgan fingerprint density at radius 2 is 1.95 bits per heavy atom. The number of carbonyl (C=O) groups excluding carboxylic acids is 1. The SMILES string of the molecule is CCc1ccc(S(=O)(=O)N2CCC(C(N)=O)CC2)cc1N. The fraction of sp³-hybridized carbons (Fsp3) is 0.500. The van der Waals surface area contributed by atoms with E-state index in [1.165, 1.54) is 10.4 Å². The van der Waals surface area contributed by atoms with Crippen molar-refractivity contribution in [3.63, 3.8) is 0 Å². The number of hydrogen-bond acceptors (Lipinski definition) is 4. The summed E-state index contributed by atoms with van der Waals surface area (Å²) in [5.74, 6) is -0.590. The van der Waals surface area contributed by atoms with Crippen molar-refractivity contribution in [1.82, 2.24) is 4.31 Å². The third-order valence-corrected chi connectivity index (χ3v) is 5.89. The van der Waals surface area contributed by atoms with E-state index in [9.17, 15) is 13.2 Å². The molecule has 1 aromatic rings. The Morgan fingerprint density at radius 1 is 1.33 bits per heavy atom. The quantitative estimate of drug-likeness (QED) is 0.799. The standard InChI is InChI=1S/C14H21N3O3S/c1-2-10-3-4-12(9-13(10)15)21(19,20)17-7-5-11(6-8-17)14(16)18/h3-4,9,11H,2,5-8,15H2,1H3,(H2,16,18). The molecule has 1 aromatic carbocycles. The van der Waals surface area contributed by atoms with Gasteiger partial charge in [-0.1, -0.05) is 13.0 Å². The second-order valence-electron chi connectivity index (χ2n) is 5.29. The van der Waals surface area contributed by atoms with Crippen LogP contribution in [0.2, 0.25) is 0 Å². The summed E-state index contributed by atoms with van der Waals surface area (Å²) in [5.41, 5.74) is 12.6. The van der Waals surface area contributed by atoms with Gasteiger partial charge in [0.15, 0.2) is 0 Å². The summed E-state index contributed by atoms with van der Waals surface area (Å²) < 4.78 is 26.5. The first kappa shape index (κ1) is 15.8. The van der Waals surface area contributed by atoms with E-state index >= 15 is 0 Å². The van der Waals surface area contributed by atoms with Gasteiger partial charge in [-0.3, -0.25) is 4.79 Å². The average molecular weight is 311 g/mol. The van der Waals surface area contributed by atoms with Gasteiger partial charge in [0.05, 0.1) is 4.90 Å². The van der Waals surface area contributed by atoms with Crippen molar-refractivity contribution in [3.8, 4) is 0 Å². The fourth-order valence-electron chi connectivity index (χ4n) is 2.59. The Labute approximate surface area is 125 Å². The number of sulfonamides is 1. The third-order valence-electron chi connectivity index (χ3n) is 3.99. The van der Waals surface area contributed by atoms with E-state index in [1.807, 2.05) is 6.92 Å². The second-order valence-corrected chi connectivity index (χ2v) is 7.23. The predicted molar refractivity (Wildman–Crippen MR) is 80.9 cm³/mol. The Morgan fingerprint density at radius 3 is 2.43 bits per heavy atom. The fourth-order valence-corrected chi connectivity index (χ4v) is 4.09. The van der Waals surface area contributed by atoms with Crippen LogP contribution in [0, 0.1) is 5.92 Å². The van der Waals surface area contributed by atoms with E-state index in [2.05, 4.69) is 0 Å². The number of nitrogens with zero attached hydrogens (tertiary/aromatic N) is 1. The Hall–Kier alpha value is -1.60. The van der Waals surface area contributed by atoms with Gasteiger partial charge in [-0.15, -0.1) is 0 Å². The monoisotopic (exact) mass is 311 g/mol. The van der Waals surface area contributed by atoms with Gasteiger partial charge in [0.2, 0.25) is 15.9 Å². The summed E-state index contributed by atoms with van der Waals surface area (Å²) in [7, 11) is -3.56. The minimum absolute atomic E-state index is 0.203. The number of primary amides is 1. The molecule has 0 radical (unpaired) electrons. The van der Waals surface area contributed by atoms with Gasteiger partial charge in [-0.05, 0) is 37.0 Å². The van der Waals surface area contributed by atoms with Crippen LogP contribution in [0.3, 0.4) is 0 Å². The van der Waals surface area contributed by atoms with Gasteiger partial charge in [-0.25, -0.2) is 8.42 Å². The molecular formula is C14H21N3O3S. The summed E-state index contributed by atoms with van der Waals surface area (Å²) in [5, 5.41) is 0. The largest absolute Gasteiger partial charge is 0.398 e. The van der Waals surface area contributed by atoms with Crippen molar-refractivity contribution >= 4 is 21.6 Å². The first-order chi connectivity index (χ1) is 9.86. The highest BCUT2D eigenvalue weighted by Gasteiger charge is 2.31. The van der Waals surface area contributed by atoms with Gasteiger partial charge < -0.3 is 11.5 Å². The lowest BCUT2D eigenvalue weighted by Gasteiger charge is -2.29.